The minimum Gasteiger partial charge on any atom is -0.348 e. The van der Waals surface area contributed by atoms with E-state index < -0.39 is 17.1 Å². The number of carbonyl (C=O) groups is 1. The molecule has 1 aliphatic rings. The van der Waals surface area contributed by atoms with Crippen molar-refractivity contribution in [3.8, 4) is 5.69 Å². The number of para-hydroxylation sites is 1. The van der Waals surface area contributed by atoms with Crippen LogP contribution in [-0.4, -0.2) is 15.0 Å². The zero-order chi connectivity index (χ0) is 21.5. The first kappa shape index (κ1) is 19.4. The van der Waals surface area contributed by atoms with Gasteiger partial charge in [0, 0.05) is 0 Å². The Balaban J connectivity index is 1.54. The molecule has 5 rings (SSSR count). The molecule has 0 bridgehead atoms. The van der Waals surface area contributed by atoms with Crippen LogP contribution >= 0.6 is 11.3 Å². The average molecular weight is 435 g/mol. The summed E-state index contributed by atoms with van der Waals surface area (Å²) in [6, 6.07) is 15.1. The Hall–Kier alpha value is -3.52. The van der Waals surface area contributed by atoms with Crippen LogP contribution in [0, 0.1) is 5.82 Å². The van der Waals surface area contributed by atoms with Crippen molar-refractivity contribution in [2.45, 2.75) is 25.4 Å². The smallest absolute Gasteiger partial charge is 0.336 e. The zero-order valence-electron chi connectivity index (χ0n) is 16.4. The van der Waals surface area contributed by atoms with Gasteiger partial charge >= 0.3 is 5.69 Å². The van der Waals surface area contributed by atoms with Gasteiger partial charge < -0.3 is 5.32 Å². The number of hydrogen-bond acceptors (Lipinski definition) is 4. The number of benzene rings is 2. The summed E-state index contributed by atoms with van der Waals surface area (Å²) < 4.78 is 16.7. The van der Waals surface area contributed by atoms with E-state index in [0.717, 1.165) is 34.3 Å². The summed E-state index contributed by atoms with van der Waals surface area (Å²) in [5, 5.41) is 4.68. The second kappa shape index (κ2) is 7.63. The number of aryl methyl sites for hydroxylation is 1. The first-order valence-electron chi connectivity index (χ1n) is 9.89. The SMILES string of the molecule is O=C(Cn1c(=O)n(-c2ccccc2F)c(=O)c2sccc21)N[C@@H]1CCc2ccccc21. The number of thiophene rings is 1. The Kier molecular flexibility index (Phi) is 4.78. The van der Waals surface area contributed by atoms with Crippen LogP contribution in [0.4, 0.5) is 4.39 Å². The van der Waals surface area contributed by atoms with Crippen molar-refractivity contribution in [2.75, 3.05) is 0 Å². The van der Waals surface area contributed by atoms with Crippen LogP contribution < -0.4 is 16.6 Å². The number of halogens is 1. The maximum Gasteiger partial charge on any atom is 0.336 e. The molecule has 0 saturated heterocycles. The van der Waals surface area contributed by atoms with Crippen LogP contribution in [0.5, 0.6) is 0 Å². The van der Waals surface area contributed by atoms with Crippen molar-refractivity contribution in [2.24, 2.45) is 0 Å². The molecule has 2 aromatic heterocycles. The lowest BCUT2D eigenvalue weighted by Crippen LogP contribution is -2.42. The van der Waals surface area contributed by atoms with Gasteiger partial charge in [0.2, 0.25) is 5.91 Å². The molecule has 2 aromatic carbocycles. The van der Waals surface area contributed by atoms with Gasteiger partial charge in [0.15, 0.2) is 0 Å². The summed E-state index contributed by atoms with van der Waals surface area (Å²) in [5.41, 5.74) is 1.18. The van der Waals surface area contributed by atoms with Gasteiger partial charge in [-0.1, -0.05) is 36.4 Å². The Bertz CT molecular complexity index is 1440. The molecule has 0 radical (unpaired) electrons. The Morgan fingerprint density at radius 1 is 1.10 bits per heavy atom. The summed E-state index contributed by atoms with van der Waals surface area (Å²) in [4.78, 5) is 39.0. The van der Waals surface area contributed by atoms with Gasteiger partial charge in [-0.15, -0.1) is 11.3 Å². The summed E-state index contributed by atoms with van der Waals surface area (Å²) in [5.74, 6) is -1.02. The lowest BCUT2D eigenvalue weighted by molar-refractivity contribution is -0.122. The average Bonchev–Trinajstić information content (AvgIpc) is 3.41. The number of amides is 1. The van der Waals surface area contributed by atoms with E-state index in [9.17, 15) is 18.8 Å². The van der Waals surface area contributed by atoms with Crippen LogP contribution in [0.1, 0.15) is 23.6 Å². The quantitative estimate of drug-likeness (QED) is 0.535. The molecule has 0 aliphatic heterocycles. The van der Waals surface area contributed by atoms with E-state index in [1.54, 1.807) is 17.5 Å². The van der Waals surface area contributed by atoms with Gasteiger partial charge in [0.1, 0.15) is 17.1 Å². The number of nitrogens with one attached hydrogen (secondary N) is 1. The first-order chi connectivity index (χ1) is 15.0. The largest absolute Gasteiger partial charge is 0.348 e. The van der Waals surface area contributed by atoms with Gasteiger partial charge in [0.05, 0.1) is 17.2 Å². The Labute approximate surface area is 180 Å². The molecule has 4 aromatic rings. The van der Waals surface area contributed by atoms with Crippen molar-refractivity contribution in [1.29, 1.82) is 0 Å². The van der Waals surface area contributed by atoms with Gasteiger partial charge in [-0.25, -0.2) is 13.8 Å². The monoisotopic (exact) mass is 435 g/mol. The molecule has 0 unspecified atom stereocenters. The van der Waals surface area contributed by atoms with Crippen LogP contribution in [-0.2, 0) is 17.8 Å². The molecule has 1 aliphatic carbocycles. The third kappa shape index (κ3) is 3.29. The lowest BCUT2D eigenvalue weighted by atomic mass is 10.1. The highest BCUT2D eigenvalue weighted by Crippen LogP contribution is 2.30. The summed E-state index contributed by atoms with van der Waals surface area (Å²) in [6.45, 7) is -0.264. The summed E-state index contributed by atoms with van der Waals surface area (Å²) in [6.07, 6.45) is 1.68. The Morgan fingerprint density at radius 3 is 2.71 bits per heavy atom. The molecule has 1 N–H and O–H groups in total. The van der Waals surface area contributed by atoms with E-state index in [-0.39, 0.29) is 24.2 Å². The molecule has 1 amide bonds. The van der Waals surface area contributed by atoms with E-state index in [1.807, 2.05) is 24.3 Å². The molecule has 156 valence electrons. The molecule has 31 heavy (non-hydrogen) atoms. The van der Waals surface area contributed by atoms with Crippen LogP contribution in [0.2, 0.25) is 0 Å². The lowest BCUT2D eigenvalue weighted by Gasteiger charge is -2.16. The molecular formula is C23H18FN3O3S. The van der Waals surface area contributed by atoms with E-state index in [4.69, 9.17) is 0 Å². The molecule has 0 fully saturated rings. The van der Waals surface area contributed by atoms with Crippen LogP contribution in [0.3, 0.4) is 0 Å². The molecule has 0 spiro atoms. The normalized spacial score (nSPS) is 15.2. The highest BCUT2D eigenvalue weighted by molar-refractivity contribution is 7.17. The fourth-order valence-corrected chi connectivity index (χ4v) is 5.00. The number of hydrogen-bond donors (Lipinski definition) is 1. The van der Waals surface area contributed by atoms with Crippen molar-refractivity contribution in [3.05, 3.63) is 97.8 Å². The number of fused-ring (bicyclic) bond motifs is 2. The van der Waals surface area contributed by atoms with Crippen molar-refractivity contribution >= 4 is 27.5 Å². The summed E-state index contributed by atoms with van der Waals surface area (Å²) in [7, 11) is 0. The van der Waals surface area contributed by atoms with E-state index in [1.165, 1.54) is 28.3 Å². The summed E-state index contributed by atoms with van der Waals surface area (Å²) >= 11 is 1.15. The highest BCUT2D eigenvalue weighted by Gasteiger charge is 2.25. The number of nitrogens with zero attached hydrogens (tertiary/aromatic N) is 2. The number of carbonyl (C=O) groups excluding carboxylic acids is 1. The first-order valence-corrected chi connectivity index (χ1v) is 10.8. The van der Waals surface area contributed by atoms with Gasteiger partial charge in [-0.05, 0) is 47.5 Å². The minimum absolute atomic E-state index is 0.116. The zero-order valence-corrected chi connectivity index (χ0v) is 17.2. The number of rotatable bonds is 4. The second-order valence-electron chi connectivity index (χ2n) is 7.45. The van der Waals surface area contributed by atoms with Crippen LogP contribution in [0.15, 0.2) is 69.6 Å². The Morgan fingerprint density at radius 2 is 1.87 bits per heavy atom. The highest BCUT2D eigenvalue weighted by atomic mass is 32.1. The predicted molar refractivity (Wildman–Crippen MR) is 117 cm³/mol. The van der Waals surface area contributed by atoms with Crippen molar-refractivity contribution in [1.82, 2.24) is 14.5 Å². The maximum absolute atomic E-state index is 14.4. The molecule has 2 heterocycles. The third-order valence-electron chi connectivity index (χ3n) is 5.62. The van der Waals surface area contributed by atoms with Crippen molar-refractivity contribution in [3.63, 3.8) is 0 Å². The molecule has 0 saturated carbocycles. The van der Waals surface area contributed by atoms with Crippen LogP contribution in [0.25, 0.3) is 15.9 Å². The fraction of sp³-hybridized carbons (Fsp3) is 0.174. The molecule has 6 nitrogen and oxygen atoms in total. The minimum atomic E-state index is -0.747. The van der Waals surface area contributed by atoms with Gasteiger partial charge in [-0.2, -0.15) is 0 Å². The van der Waals surface area contributed by atoms with Gasteiger partial charge in [-0.3, -0.25) is 14.2 Å². The number of aromatic nitrogens is 2. The molecule has 1 atom stereocenters. The standard InChI is InChI=1S/C23H18FN3O3S/c24-16-7-3-4-8-18(16)27-22(29)21-19(11-12-31-21)26(23(27)30)13-20(28)25-17-10-9-14-5-1-2-6-15(14)17/h1-8,11-12,17H,9-10,13H2,(H,25,28)/t17-/m1/s1. The van der Waals surface area contributed by atoms with E-state index >= 15 is 0 Å². The third-order valence-corrected chi connectivity index (χ3v) is 6.51. The predicted octanol–water partition coefficient (Wildman–Crippen LogP) is 3.16. The second-order valence-corrected chi connectivity index (χ2v) is 8.37. The maximum atomic E-state index is 14.4. The van der Waals surface area contributed by atoms with Crippen molar-refractivity contribution < 1.29 is 9.18 Å². The fourth-order valence-electron chi connectivity index (χ4n) is 4.18. The topological polar surface area (TPSA) is 73.1 Å². The van der Waals surface area contributed by atoms with E-state index in [0.29, 0.717) is 10.2 Å². The molecule has 8 heteroatoms. The van der Waals surface area contributed by atoms with Gasteiger partial charge in [0.25, 0.3) is 5.56 Å². The molecular weight excluding hydrogens is 417 g/mol. The van der Waals surface area contributed by atoms with E-state index in [2.05, 4.69) is 5.32 Å².